The lowest BCUT2D eigenvalue weighted by atomic mass is 9.99. The highest BCUT2D eigenvalue weighted by Crippen LogP contribution is 2.34. The lowest BCUT2D eigenvalue weighted by Crippen LogP contribution is -2.21. The van der Waals surface area contributed by atoms with Gasteiger partial charge < -0.3 is 30.3 Å². The highest BCUT2D eigenvalue weighted by molar-refractivity contribution is 6.34. The van der Waals surface area contributed by atoms with Gasteiger partial charge in [0.05, 0.1) is 35.0 Å². The number of methoxy groups -OCH3 is 1. The molecule has 0 bridgehead atoms. The van der Waals surface area contributed by atoms with Crippen molar-refractivity contribution in [3.05, 3.63) is 77.3 Å². The van der Waals surface area contributed by atoms with Crippen LogP contribution < -0.4 is 20.1 Å². The molecule has 0 aliphatic carbocycles. The first kappa shape index (κ1) is 39.8. The predicted molar refractivity (Wildman–Crippen MR) is 178 cm³/mol. The molecule has 2 amide bonds. The van der Waals surface area contributed by atoms with Crippen molar-refractivity contribution in [2.45, 2.75) is 66.9 Å². The minimum absolute atomic E-state index is 0.0958. The summed E-state index contributed by atoms with van der Waals surface area (Å²) < 4.78 is 46.6. The Morgan fingerprint density at radius 1 is 0.978 bits per heavy atom. The number of urea groups is 1. The number of alkyl halides is 3. The average molecular weight is 667 g/mol. The number of anilines is 2. The average Bonchev–Trinajstić information content (AvgIpc) is 2.93. The van der Waals surface area contributed by atoms with Gasteiger partial charge in [-0.1, -0.05) is 56.3 Å². The van der Waals surface area contributed by atoms with Crippen LogP contribution in [0.25, 0.3) is 16.7 Å². The summed E-state index contributed by atoms with van der Waals surface area (Å²) in [5.74, 6) is -0.640. The number of allylic oxidation sites excluding steroid dienone is 1. The quantitative estimate of drug-likeness (QED) is 0.190. The lowest BCUT2D eigenvalue weighted by Gasteiger charge is -2.17. The molecule has 0 aliphatic heterocycles. The molecule has 0 aromatic heterocycles. The van der Waals surface area contributed by atoms with Crippen LogP contribution in [0.1, 0.15) is 59.1 Å². The maximum atomic E-state index is 12.8. The third-order valence-electron chi connectivity index (χ3n) is 5.92. The fourth-order valence-corrected chi connectivity index (χ4v) is 3.79. The summed E-state index contributed by atoms with van der Waals surface area (Å²) in [5.41, 5.74) is 3.70. The maximum absolute atomic E-state index is 12.8. The van der Waals surface area contributed by atoms with Gasteiger partial charge in [-0.25, -0.2) is 4.79 Å². The predicted octanol–water partition coefficient (Wildman–Crippen LogP) is 9.79. The Balaban J connectivity index is 0.000000748. The normalized spacial score (nSPS) is 11.5. The second-order valence-electron chi connectivity index (χ2n) is 11.3. The molecule has 1 atom stereocenters. The first-order valence-corrected chi connectivity index (χ1v) is 14.6. The van der Waals surface area contributed by atoms with Crippen molar-refractivity contribution < 1.29 is 42.4 Å². The first-order valence-electron chi connectivity index (χ1n) is 14.2. The fraction of sp³-hybridized carbons (Fsp3) is 0.353. The van der Waals surface area contributed by atoms with Gasteiger partial charge in [0.2, 0.25) is 0 Å². The van der Waals surface area contributed by atoms with Crippen LogP contribution >= 0.6 is 11.6 Å². The van der Waals surface area contributed by atoms with Crippen molar-refractivity contribution in [3.8, 4) is 22.6 Å². The smallest absolute Gasteiger partial charge is 0.497 e. The SMILES string of the molecule is C=C(C)c1ccc(-c2ccc(OC)cc2)cc1NC(=O)Nc1c(C)cc(OC(F)(F)F)cc1Cl.CC(C)(C)O.CCC(C)C(=O)O. The van der Waals surface area contributed by atoms with Gasteiger partial charge in [-0.2, -0.15) is 0 Å². The molecule has 0 radical (unpaired) electrons. The molecule has 0 aliphatic rings. The summed E-state index contributed by atoms with van der Waals surface area (Å²) in [6, 6.07) is 14.5. The number of hydrogen-bond donors (Lipinski definition) is 4. The number of carbonyl (C=O) groups excluding carboxylic acids is 1. The summed E-state index contributed by atoms with van der Waals surface area (Å²) >= 11 is 6.11. The number of carboxylic acids is 1. The zero-order chi connectivity index (χ0) is 35.4. The van der Waals surface area contributed by atoms with Crippen LogP contribution in [0.3, 0.4) is 0 Å². The van der Waals surface area contributed by atoms with Crippen LogP contribution in [0.15, 0.2) is 61.2 Å². The van der Waals surface area contributed by atoms with Crippen LogP contribution in [-0.2, 0) is 4.79 Å². The molecule has 3 rings (SSSR count). The monoisotopic (exact) mass is 666 g/mol. The van der Waals surface area contributed by atoms with Crippen LogP contribution in [-0.4, -0.2) is 41.3 Å². The first-order chi connectivity index (χ1) is 21.1. The molecule has 3 aromatic carbocycles. The number of aliphatic carboxylic acids is 1. The van der Waals surface area contributed by atoms with Gasteiger partial charge >= 0.3 is 18.4 Å². The summed E-state index contributed by atoms with van der Waals surface area (Å²) in [6.45, 7) is 16.1. The highest BCUT2D eigenvalue weighted by Gasteiger charge is 2.31. The van der Waals surface area contributed by atoms with Gasteiger partial charge in [-0.3, -0.25) is 4.79 Å². The standard InChI is InChI=1S/C25H22ClF3N2O3.C5H10O2.C4H10O/c1-14(2)20-10-7-17(16-5-8-18(33-4)9-6-16)12-22(20)30-24(32)31-23-15(3)11-19(13-21(23)26)34-25(27,28)29;1-3-4(2)5(6)7;1-4(2,3)5/h5-13H,1H2,2-4H3,(H2,30,31,32);4H,3H2,1-2H3,(H,6,7);5H,1-3H3. The summed E-state index contributed by atoms with van der Waals surface area (Å²) in [4.78, 5) is 22.7. The molecular formula is C34H42ClF3N2O6. The molecule has 1 unspecified atom stereocenters. The van der Waals surface area contributed by atoms with Gasteiger partial charge in [-0.15, -0.1) is 13.2 Å². The van der Waals surface area contributed by atoms with Gasteiger partial charge in [0.25, 0.3) is 0 Å². The molecule has 3 aromatic rings. The van der Waals surface area contributed by atoms with Gasteiger partial charge in [0.15, 0.2) is 0 Å². The molecule has 46 heavy (non-hydrogen) atoms. The zero-order valence-electron chi connectivity index (χ0n) is 27.2. The van der Waals surface area contributed by atoms with Crippen LogP contribution in [0.2, 0.25) is 5.02 Å². The summed E-state index contributed by atoms with van der Waals surface area (Å²) in [6.07, 6.45) is -4.13. The van der Waals surface area contributed by atoms with E-state index >= 15 is 0 Å². The minimum atomic E-state index is -4.85. The summed E-state index contributed by atoms with van der Waals surface area (Å²) in [7, 11) is 1.59. The Labute approximate surface area is 273 Å². The number of rotatable bonds is 8. The van der Waals surface area contributed by atoms with Gasteiger partial charge in [0.1, 0.15) is 11.5 Å². The number of amides is 2. The van der Waals surface area contributed by atoms with Gasteiger partial charge in [0, 0.05) is 11.6 Å². The number of hydrogen-bond acceptors (Lipinski definition) is 5. The molecule has 0 heterocycles. The molecule has 0 saturated heterocycles. The molecular weight excluding hydrogens is 625 g/mol. The number of carbonyl (C=O) groups is 2. The maximum Gasteiger partial charge on any atom is 0.573 e. The third-order valence-corrected chi connectivity index (χ3v) is 6.22. The van der Waals surface area contributed by atoms with Gasteiger partial charge in [-0.05, 0) is 87.6 Å². The Morgan fingerprint density at radius 2 is 1.52 bits per heavy atom. The fourth-order valence-electron chi connectivity index (χ4n) is 3.49. The van der Waals surface area contributed by atoms with E-state index < -0.39 is 29.7 Å². The van der Waals surface area contributed by atoms with Crippen molar-refractivity contribution in [1.82, 2.24) is 0 Å². The van der Waals surface area contributed by atoms with E-state index in [9.17, 15) is 22.8 Å². The summed E-state index contributed by atoms with van der Waals surface area (Å²) in [5, 5.41) is 22.0. The zero-order valence-corrected chi connectivity index (χ0v) is 28.0. The van der Waals surface area contributed by atoms with Crippen molar-refractivity contribution >= 4 is 40.5 Å². The number of aliphatic hydroxyl groups is 1. The third kappa shape index (κ3) is 14.7. The molecule has 0 fully saturated rings. The highest BCUT2D eigenvalue weighted by atomic mass is 35.5. The van der Waals surface area contributed by atoms with E-state index in [4.69, 9.17) is 26.6 Å². The molecule has 4 N–H and O–H groups in total. The molecule has 252 valence electrons. The largest absolute Gasteiger partial charge is 0.573 e. The Morgan fingerprint density at radius 3 is 1.93 bits per heavy atom. The second kappa shape index (κ2) is 17.5. The number of aryl methyl sites for hydroxylation is 1. The molecule has 12 heteroatoms. The van der Waals surface area contributed by atoms with E-state index in [-0.39, 0.29) is 16.6 Å². The van der Waals surface area contributed by atoms with Crippen molar-refractivity contribution in [3.63, 3.8) is 0 Å². The van der Waals surface area contributed by atoms with Crippen LogP contribution in [0.5, 0.6) is 11.5 Å². The lowest BCUT2D eigenvalue weighted by molar-refractivity contribution is -0.274. The van der Waals surface area contributed by atoms with E-state index in [1.165, 1.54) is 6.92 Å². The molecule has 0 spiro atoms. The number of halogens is 4. The van der Waals surface area contributed by atoms with E-state index in [0.717, 1.165) is 46.6 Å². The van der Waals surface area contributed by atoms with Crippen molar-refractivity contribution in [2.24, 2.45) is 5.92 Å². The topological polar surface area (TPSA) is 117 Å². The molecule has 8 nitrogen and oxygen atoms in total. The Kier molecular flexibility index (Phi) is 15.1. The number of benzene rings is 3. The molecule has 0 saturated carbocycles. The van der Waals surface area contributed by atoms with Crippen LogP contribution in [0.4, 0.5) is 29.3 Å². The van der Waals surface area contributed by atoms with E-state index in [2.05, 4.69) is 21.9 Å². The van der Waals surface area contributed by atoms with E-state index in [1.54, 1.807) is 40.9 Å². The van der Waals surface area contributed by atoms with E-state index in [0.29, 0.717) is 11.3 Å². The van der Waals surface area contributed by atoms with E-state index in [1.807, 2.05) is 50.2 Å². The van der Waals surface area contributed by atoms with Crippen molar-refractivity contribution in [2.75, 3.05) is 17.7 Å². The minimum Gasteiger partial charge on any atom is -0.497 e. The van der Waals surface area contributed by atoms with Crippen LogP contribution in [0, 0.1) is 12.8 Å². The number of ether oxygens (including phenoxy) is 2. The number of carboxylic acid groups (broad SMARTS) is 1. The second-order valence-corrected chi connectivity index (χ2v) is 11.7. The Bertz CT molecular complexity index is 1460. The number of nitrogens with one attached hydrogen (secondary N) is 2. The Hall–Kier alpha value is -4.22. The van der Waals surface area contributed by atoms with Crippen molar-refractivity contribution in [1.29, 1.82) is 0 Å².